The summed E-state index contributed by atoms with van der Waals surface area (Å²) >= 11 is 0. The highest BCUT2D eigenvalue weighted by molar-refractivity contribution is 5.41. The summed E-state index contributed by atoms with van der Waals surface area (Å²) in [6, 6.07) is 2.77. The SMILES string of the molecule is Cc1cnnc(N(CCCN)C2CC2)c1. The van der Waals surface area contributed by atoms with Gasteiger partial charge in [-0.15, -0.1) is 5.10 Å². The van der Waals surface area contributed by atoms with E-state index in [1.165, 1.54) is 18.4 Å². The molecule has 0 aliphatic heterocycles. The molecule has 1 fully saturated rings. The second-order valence-electron chi connectivity index (χ2n) is 4.16. The Labute approximate surface area is 90.5 Å². The highest BCUT2D eigenvalue weighted by atomic mass is 15.3. The van der Waals surface area contributed by atoms with Crippen LogP contribution >= 0.6 is 0 Å². The normalized spacial score (nSPS) is 15.3. The maximum Gasteiger partial charge on any atom is 0.151 e. The summed E-state index contributed by atoms with van der Waals surface area (Å²) < 4.78 is 0. The van der Waals surface area contributed by atoms with Crippen molar-refractivity contribution in [2.45, 2.75) is 32.2 Å². The van der Waals surface area contributed by atoms with Gasteiger partial charge in [-0.2, -0.15) is 5.10 Å². The summed E-state index contributed by atoms with van der Waals surface area (Å²) in [5, 5.41) is 8.19. The summed E-state index contributed by atoms with van der Waals surface area (Å²) in [4.78, 5) is 2.34. The largest absolute Gasteiger partial charge is 0.352 e. The van der Waals surface area contributed by atoms with Gasteiger partial charge in [0, 0.05) is 12.6 Å². The first-order valence-corrected chi connectivity index (χ1v) is 5.57. The van der Waals surface area contributed by atoms with Crippen LogP contribution in [0.2, 0.25) is 0 Å². The van der Waals surface area contributed by atoms with Crippen molar-refractivity contribution in [3.05, 3.63) is 17.8 Å². The molecule has 0 amide bonds. The first kappa shape index (κ1) is 10.4. The van der Waals surface area contributed by atoms with Crippen LogP contribution in [-0.4, -0.2) is 29.3 Å². The highest BCUT2D eigenvalue weighted by Crippen LogP contribution is 2.30. The van der Waals surface area contributed by atoms with Crippen LogP contribution in [0.1, 0.15) is 24.8 Å². The van der Waals surface area contributed by atoms with Gasteiger partial charge in [-0.25, -0.2) is 0 Å². The smallest absolute Gasteiger partial charge is 0.151 e. The number of nitrogens with zero attached hydrogens (tertiary/aromatic N) is 3. The van der Waals surface area contributed by atoms with Gasteiger partial charge in [0.05, 0.1) is 6.20 Å². The molecule has 1 heterocycles. The zero-order valence-electron chi connectivity index (χ0n) is 9.19. The molecule has 1 saturated carbocycles. The van der Waals surface area contributed by atoms with Crippen molar-refractivity contribution < 1.29 is 0 Å². The second-order valence-corrected chi connectivity index (χ2v) is 4.16. The second kappa shape index (κ2) is 4.57. The molecular weight excluding hydrogens is 188 g/mol. The lowest BCUT2D eigenvalue weighted by Gasteiger charge is -2.22. The molecule has 0 radical (unpaired) electrons. The summed E-state index contributed by atoms with van der Waals surface area (Å²) in [6.45, 7) is 3.79. The summed E-state index contributed by atoms with van der Waals surface area (Å²) in [6.07, 6.45) is 5.37. The zero-order valence-corrected chi connectivity index (χ0v) is 9.19. The minimum Gasteiger partial charge on any atom is -0.352 e. The van der Waals surface area contributed by atoms with Gasteiger partial charge in [0.25, 0.3) is 0 Å². The van der Waals surface area contributed by atoms with Crippen molar-refractivity contribution in [2.75, 3.05) is 18.0 Å². The molecule has 1 aliphatic rings. The Balaban J connectivity index is 2.09. The van der Waals surface area contributed by atoms with Gasteiger partial charge in [0.15, 0.2) is 5.82 Å². The van der Waals surface area contributed by atoms with Crippen LogP contribution in [-0.2, 0) is 0 Å². The zero-order chi connectivity index (χ0) is 10.7. The van der Waals surface area contributed by atoms with E-state index in [4.69, 9.17) is 5.73 Å². The fourth-order valence-corrected chi connectivity index (χ4v) is 1.72. The average Bonchev–Trinajstić information content (AvgIpc) is 3.03. The van der Waals surface area contributed by atoms with Gasteiger partial charge in [-0.3, -0.25) is 0 Å². The van der Waals surface area contributed by atoms with Crippen LogP contribution in [0.5, 0.6) is 0 Å². The summed E-state index contributed by atoms with van der Waals surface area (Å²) in [7, 11) is 0. The first-order chi connectivity index (χ1) is 7.31. The number of nitrogens with two attached hydrogens (primary N) is 1. The molecule has 4 heteroatoms. The van der Waals surface area contributed by atoms with E-state index in [-0.39, 0.29) is 0 Å². The summed E-state index contributed by atoms with van der Waals surface area (Å²) in [5.41, 5.74) is 6.71. The summed E-state index contributed by atoms with van der Waals surface area (Å²) in [5.74, 6) is 1.01. The topological polar surface area (TPSA) is 55.0 Å². The fraction of sp³-hybridized carbons (Fsp3) is 0.636. The molecule has 2 N–H and O–H groups in total. The van der Waals surface area contributed by atoms with Crippen LogP contribution in [0.4, 0.5) is 5.82 Å². The number of rotatable bonds is 5. The van der Waals surface area contributed by atoms with E-state index in [2.05, 4.69) is 21.2 Å². The number of anilines is 1. The number of aryl methyl sites for hydroxylation is 1. The van der Waals surface area contributed by atoms with Crippen molar-refractivity contribution in [3.63, 3.8) is 0 Å². The van der Waals surface area contributed by atoms with Crippen LogP contribution in [0.25, 0.3) is 0 Å². The van der Waals surface area contributed by atoms with Gasteiger partial charge in [0.1, 0.15) is 0 Å². The molecule has 0 aromatic carbocycles. The van der Waals surface area contributed by atoms with Crippen molar-refractivity contribution in [1.82, 2.24) is 10.2 Å². The van der Waals surface area contributed by atoms with E-state index < -0.39 is 0 Å². The first-order valence-electron chi connectivity index (χ1n) is 5.57. The van der Waals surface area contributed by atoms with Crippen LogP contribution in [0.15, 0.2) is 12.3 Å². The molecule has 4 nitrogen and oxygen atoms in total. The number of hydrogen-bond donors (Lipinski definition) is 1. The molecule has 2 rings (SSSR count). The third-order valence-corrected chi connectivity index (χ3v) is 2.66. The molecule has 0 atom stereocenters. The maximum atomic E-state index is 5.54. The molecular formula is C11H18N4. The van der Waals surface area contributed by atoms with E-state index in [1.807, 2.05) is 6.92 Å². The Kier molecular flexibility index (Phi) is 3.16. The van der Waals surface area contributed by atoms with Gasteiger partial charge in [-0.05, 0) is 44.4 Å². The number of aromatic nitrogens is 2. The molecule has 0 spiro atoms. The molecule has 1 aliphatic carbocycles. The lowest BCUT2D eigenvalue weighted by atomic mass is 10.3. The fourth-order valence-electron chi connectivity index (χ4n) is 1.72. The maximum absolute atomic E-state index is 5.54. The Bertz CT molecular complexity index is 322. The van der Waals surface area contributed by atoms with Gasteiger partial charge in [-0.1, -0.05) is 0 Å². The molecule has 1 aromatic heterocycles. The van der Waals surface area contributed by atoms with Crippen LogP contribution in [0.3, 0.4) is 0 Å². The third kappa shape index (κ3) is 2.65. The molecule has 82 valence electrons. The van der Waals surface area contributed by atoms with Crippen molar-refractivity contribution in [1.29, 1.82) is 0 Å². The predicted octanol–water partition coefficient (Wildman–Crippen LogP) is 1.10. The Morgan fingerprint density at radius 1 is 1.53 bits per heavy atom. The van der Waals surface area contributed by atoms with Crippen LogP contribution in [0, 0.1) is 6.92 Å². The van der Waals surface area contributed by atoms with E-state index in [0.717, 1.165) is 25.3 Å². The third-order valence-electron chi connectivity index (χ3n) is 2.66. The van der Waals surface area contributed by atoms with Crippen molar-refractivity contribution in [3.8, 4) is 0 Å². The lowest BCUT2D eigenvalue weighted by molar-refractivity contribution is 0.714. The van der Waals surface area contributed by atoms with E-state index >= 15 is 0 Å². The van der Waals surface area contributed by atoms with Crippen molar-refractivity contribution >= 4 is 5.82 Å². The van der Waals surface area contributed by atoms with Gasteiger partial charge in [0.2, 0.25) is 0 Å². The Hall–Kier alpha value is -1.16. The lowest BCUT2D eigenvalue weighted by Crippen LogP contribution is -2.29. The Morgan fingerprint density at radius 3 is 2.93 bits per heavy atom. The minimum absolute atomic E-state index is 0.674. The average molecular weight is 206 g/mol. The predicted molar refractivity (Wildman–Crippen MR) is 60.8 cm³/mol. The molecule has 0 bridgehead atoms. The van der Waals surface area contributed by atoms with Gasteiger partial charge >= 0.3 is 0 Å². The van der Waals surface area contributed by atoms with E-state index in [1.54, 1.807) is 6.20 Å². The highest BCUT2D eigenvalue weighted by Gasteiger charge is 2.29. The molecule has 0 unspecified atom stereocenters. The number of hydrogen-bond acceptors (Lipinski definition) is 4. The van der Waals surface area contributed by atoms with Crippen molar-refractivity contribution in [2.24, 2.45) is 5.73 Å². The Morgan fingerprint density at radius 2 is 2.33 bits per heavy atom. The standard InChI is InChI=1S/C11H18N4/c1-9-7-11(14-13-8-9)15(6-2-5-12)10-3-4-10/h7-8,10H,2-6,12H2,1H3. The van der Waals surface area contributed by atoms with E-state index in [9.17, 15) is 0 Å². The monoisotopic (exact) mass is 206 g/mol. The van der Waals surface area contributed by atoms with Crippen LogP contribution < -0.4 is 10.6 Å². The molecule has 1 aromatic rings. The molecule has 0 saturated heterocycles. The minimum atomic E-state index is 0.674. The molecule has 15 heavy (non-hydrogen) atoms. The van der Waals surface area contributed by atoms with E-state index in [0.29, 0.717) is 6.04 Å². The quantitative estimate of drug-likeness (QED) is 0.784. The van der Waals surface area contributed by atoms with Gasteiger partial charge < -0.3 is 10.6 Å².